The molecular formula is C13H15F3O2S. The molecule has 1 unspecified atom stereocenters. The summed E-state index contributed by atoms with van der Waals surface area (Å²) < 4.78 is 38.4. The molecule has 0 aliphatic rings. The van der Waals surface area contributed by atoms with Crippen molar-refractivity contribution in [1.29, 1.82) is 0 Å². The van der Waals surface area contributed by atoms with Gasteiger partial charge in [0.05, 0.1) is 11.5 Å². The van der Waals surface area contributed by atoms with Crippen LogP contribution in [0.4, 0.5) is 13.2 Å². The minimum absolute atomic E-state index is 0.0292. The Morgan fingerprint density at radius 3 is 2.47 bits per heavy atom. The minimum atomic E-state index is -4.46. The first-order valence-electron chi connectivity index (χ1n) is 5.85. The molecule has 1 rings (SSSR count). The van der Waals surface area contributed by atoms with Crippen molar-refractivity contribution in [2.45, 2.75) is 25.4 Å². The molecule has 1 N–H and O–H groups in total. The van der Waals surface area contributed by atoms with Gasteiger partial charge < -0.3 is 5.11 Å². The van der Waals surface area contributed by atoms with Crippen molar-refractivity contribution in [2.24, 2.45) is 5.92 Å². The van der Waals surface area contributed by atoms with E-state index in [4.69, 9.17) is 5.11 Å². The quantitative estimate of drug-likeness (QED) is 0.785. The summed E-state index contributed by atoms with van der Waals surface area (Å²) in [6.45, 7) is 0. The van der Waals surface area contributed by atoms with E-state index in [1.54, 1.807) is 0 Å². The lowest BCUT2D eigenvalue weighted by atomic mass is 9.92. The Labute approximate surface area is 115 Å². The molecule has 1 aromatic carbocycles. The summed E-state index contributed by atoms with van der Waals surface area (Å²) in [5.41, 5.74) is -0.728. The average Bonchev–Trinajstić information content (AvgIpc) is 2.33. The number of thiol groups is 1. The number of rotatable bonds is 6. The molecule has 0 saturated heterocycles. The maximum absolute atomic E-state index is 12.8. The maximum Gasteiger partial charge on any atom is 0.416 e. The molecule has 0 aliphatic carbocycles. The Balaban J connectivity index is 2.93. The van der Waals surface area contributed by atoms with Crippen LogP contribution in [0.5, 0.6) is 0 Å². The third kappa shape index (κ3) is 4.78. The highest BCUT2D eigenvalue weighted by atomic mass is 32.1. The number of carboxylic acids is 1. The van der Waals surface area contributed by atoms with Crippen LogP contribution in [0.2, 0.25) is 0 Å². The van der Waals surface area contributed by atoms with E-state index in [2.05, 4.69) is 12.6 Å². The van der Waals surface area contributed by atoms with Crippen molar-refractivity contribution in [3.8, 4) is 0 Å². The smallest absolute Gasteiger partial charge is 0.416 e. The fourth-order valence-electron chi connectivity index (χ4n) is 1.89. The summed E-state index contributed by atoms with van der Waals surface area (Å²) in [7, 11) is 0. The number of hydrogen-bond donors (Lipinski definition) is 2. The highest BCUT2D eigenvalue weighted by Gasteiger charge is 2.33. The molecule has 0 aromatic heterocycles. The van der Waals surface area contributed by atoms with Crippen molar-refractivity contribution in [3.05, 3.63) is 35.4 Å². The summed E-state index contributed by atoms with van der Waals surface area (Å²) >= 11 is 3.98. The highest BCUT2D eigenvalue weighted by Crippen LogP contribution is 2.33. The molecule has 19 heavy (non-hydrogen) atoms. The van der Waals surface area contributed by atoms with Crippen molar-refractivity contribution >= 4 is 18.6 Å². The second kappa shape index (κ2) is 6.84. The van der Waals surface area contributed by atoms with E-state index in [1.807, 2.05) is 0 Å². The van der Waals surface area contributed by atoms with Gasteiger partial charge in [-0.2, -0.15) is 25.8 Å². The van der Waals surface area contributed by atoms with E-state index >= 15 is 0 Å². The zero-order valence-corrected chi connectivity index (χ0v) is 11.0. The van der Waals surface area contributed by atoms with Gasteiger partial charge in [-0.3, -0.25) is 4.79 Å². The van der Waals surface area contributed by atoms with E-state index in [-0.39, 0.29) is 12.0 Å². The lowest BCUT2D eigenvalue weighted by Gasteiger charge is -2.16. The van der Waals surface area contributed by atoms with Gasteiger partial charge in [-0.25, -0.2) is 0 Å². The molecular weight excluding hydrogens is 277 g/mol. The van der Waals surface area contributed by atoms with Gasteiger partial charge in [-0.1, -0.05) is 18.2 Å². The van der Waals surface area contributed by atoms with Crippen LogP contribution in [0.15, 0.2) is 24.3 Å². The van der Waals surface area contributed by atoms with E-state index in [9.17, 15) is 18.0 Å². The number of benzene rings is 1. The van der Waals surface area contributed by atoms with E-state index in [0.717, 1.165) is 6.07 Å². The van der Waals surface area contributed by atoms with Gasteiger partial charge in [0.25, 0.3) is 0 Å². The van der Waals surface area contributed by atoms with E-state index in [1.165, 1.54) is 18.2 Å². The first kappa shape index (κ1) is 15.9. The van der Waals surface area contributed by atoms with Crippen LogP contribution < -0.4 is 0 Å². The molecule has 0 aliphatic heterocycles. The Kier molecular flexibility index (Phi) is 5.72. The van der Waals surface area contributed by atoms with Crippen LogP contribution in [0.3, 0.4) is 0 Å². The fraction of sp³-hybridized carbons (Fsp3) is 0.462. The topological polar surface area (TPSA) is 37.3 Å². The van der Waals surface area contributed by atoms with Crippen LogP contribution in [0, 0.1) is 5.92 Å². The van der Waals surface area contributed by atoms with Crippen molar-refractivity contribution in [1.82, 2.24) is 0 Å². The number of aliphatic carboxylic acids is 1. The first-order chi connectivity index (χ1) is 8.86. The zero-order valence-electron chi connectivity index (χ0n) is 10.2. The van der Waals surface area contributed by atoms with Crippen LogP contribution in [-0.4, -0.2) is 16.8 Å². The Morgan fingerprint density at radius 2 is 1.95 bits per heavy atom. The van der Waals surface area contributed by atoms with Gasteiger partial charge in [0.1, 0.15) is 0 Å². The largest absolute Gasteiger partial charge is 0.481 e. The highest BCUT2D eigenvalue weighted by molar-refractivity contribution is 7.80. The van der Waals surface area contributed by atoms with Gasteiger partial charge in [-0.15, -0.1) is 0 Å². The monoisotopic (exact) mass is 292 g/mol. The molecule has 6 heteroatoms. The van der Waals surface area contributed by atoms with Crippen molar-refractivity contribution in [3.63, 3.8) is 0 Å². The molecule has 0 radical (unpaired) electrons. The van der Waals surface area contributed by atoms with E-state index in [0.29, 0.717) is 18.6 Å². The molecule has 0 bridgehead atoms. The second-order valence-electron chi connectivity index (χ2n) is 4.26. The summed E-state index contributed by atoms with van der Waals surface area (Å²) in [5, 5.41) is 9.05. The number of carbonyl (C=O) groups is 1. The molecule has 106 valence electrons. The maximum atomic E-state index is 12.8. The van der Waals surface area contributed by atoms with Crippen LogP contribution >= 0.6 is 12.6 Å². The molecule has 0 amide bonds. The molecule has 0 saturated carbocycles. The number of halogens is 3. The fourth-order valence-corrected chi connectivity index (χ4v) is 2.07. The number of carboxylic acid groups (broad SMARTS) is 1. The molecule has 0 spiro atoms. The summed E-state index contributed by atoms with van der Waals surface area (Å²) in [6.07, 6.45) is -3.68. The number of hydrogen-bond acceptors (Lipinski definition) is 2. The van der Waals surface area contributed by atoms with Crippen molar-refractivity contribution < 1.29 is 23.1 Å². The van der Waals surface area contributed by atoms with Gasteiger partial charge in [0.15, 0.2) is 0 Å². The Morgan fingerprint density at radius 1 is 1.32 bits per heavy atom. The summed E-state index contributed by atoms with van der Waals surface area (Å²) in [6, 6.07) is 5.10. The predicted octanol–water partition coefficient (Wildman–Crippen LogP) is 3.66. The van der Waals surface area contributed by atoms with Gasteiger partial charge >= 0.3 is 12.1 Å². The summed E-state index contributed by atoms with van der Waals surface area (Å²) in [4.78, 5) is 11.1. The molecule has 0 heterocycles. The lowest BCUT2D eigenvalue weighted by Crippen LogP contribution is -2.19. The second-order valence-corrected chi connectivity index (χ2v) is 4.71. The van der Waals surface area contributed by atoms with Gasteiger partial charge in [0, 0.05) is 0 Å². The van der Waals surface area contributed by atoms with Gasteiger partial charge in [0.2, 0.25) is 0 Å². The molecule has 1 atom stereocenters. The van der Waals surface area contributed by atoms with Crippen molar-refractivity contribution in [2.75, 3.05) is 5.75 Å². The minimum Gasteiger partial charge on any atom is -0.481 e. The average molecular weight is 292 g/mol. The molecule has 2 nitrogen and oxygen atoms in total. The van der Waals surface area contributed by atoms with Crippen LogP contribution in [0.25, 0.3) is 0 Å². The molecule has 1 aromatic rings. The lowest BCUT2D eigenvalue weighted by molar-refractivity contribution is -0.143. The molecule has 0 fully saturated rings. The third-order valence-corrected chi connectivity index (χ3v) is 3.17. The van der Waals surface area contributed by atoms with E-state index < -0.39 is 23.6 Å². The Bertz CT molecular complexity index is 432. The normalized spacial score (nSPS) is 13.3. The SMILES string of the molecule is O=C(O)C(CCCS)Cc1ccccc1C(F)(F)F. The first-order valence-corrected chi connectivity index (χ1v) is 6.48. The predicted molar refractivity (Wildman–Crippen MR) is 69.4 cm³/mol. The Hall–Kier alpha value is -1.17. The summed E-state index contributed by atoms with van der Waals surface area (Å²) in [5.74, 6) is -1.36. The van der Waals surface area contributed by atoms with Crippen LogP contribution in [0.1, 0.15) is 24.0 Å². The standard InChI is InChI=1S/C13H15F3O2S/c14-13(15,16)11-6-2-1-4-9(11)8-10(12(17)18)5-3-7-19/h1-2,4,6,10,19H,3,5,7-8H2,(H,17,18). The third-order valence-electron chi connectivity index (χ3n) is 2.85. The number of alkyl halides is 3. The van der Waals surface area contributed by atoms with Crippen LogP contribution in [-0.2, 0) is 17.4 Å². The zero-order chi connectivity index (χ0) is 14.5. The van der Waals surface area contributed by atoms with Gasteiger partial charge in [-0.05, 0) is 36.6 Å².